The molecule has 2 rings (SSSR count). The van der Waals surface area contributed by atoms with E-state index in [1.54, 1.807) is 12.1 Å². The van der Waals surface area contributed by atoms with E-state index in [0.717, 1.165) is 0 Å². The first-order chi connectivity index (χ1) is 9.25. The Hall–Kier alpha value is -1.88. The Bertz CT molecular complexity index is 564. The number of aliphatic hydroxyl groups excluding tert-OH is 1. The second-order valence-corrected chi connectivity index (χ2v) is 5.85. The largest absolute Gasteiger partial charge is 0.378 e. The Balaban J connectivity index is 2.51. The smallest absolute Gasteiger partial charge is 0.257 e. The number of nitrogens with one attached hydrogen (secondary N) is 1. The van der Waals surface area contributed by atoms with E-state index < -0.39 is 17.8 Å². The maximum absolute atomic E-state index is 14.3. The lowest BCUT2D eigenvalue weighted by molar-refractivity contribution is -0.123. The van der Waals surface area contributed by atoms with Gasteiger partial charge < -0.3 is 15.3 Å². The molecule has 0 saturated carbocycles. The van der Waals surface area contributed by atoms with E-state index in [2.05, 4.69) is 11.9 Å². The number of nitrogens with zero attached hydrogens (tertiary/aromatic N) is 1. The van der Waals surface area contributed by atoms with Crippen LogP contribution in [-0.2, 0) is 4.79 Å². The summed E-state index contributed by atoms with van der Waals surface area (Å²) in [7, 11) is 0. The van der Waals surface area contributed by atoms with Gasteiger partial charge in [0.15, 0.2) is 6.10 Å². The highest BCUT2D eigenvalue weighted by atomic mass is 19.1. The van der Waals surface area contributed by atoms with E-state index >= 15 is 0 Å². The highest BCUT2D eigenvalue weighted by Crippen LogP contribution is 2.37. The van der Waals surface area contributed by atoms with Crippen LogP contribution in [0.5, 0.6) is 0 Å². The molecule has 0 aromatic heterocycles. The van der Waals surface area contributed by atoms with Gasteiger partial charge in [0.2, 0.25) is 0 Å². The Labute approximate surface area is 117 Å². The molecule has 1 atom stereocenters. The normalized spacial score (nSPS) is 17.6. The SMILES string of the molecule is C=CCN(c1cc2c(cc1F)C(O)C(=O)N2)C(C)(C)C. The molecule has 4 nitrogen and oxygen atoms in total. The van der Waals surface area contributed by atoms with Crippen LogP contribution in [0.25, 0.3) is 0 Å². The molecule has 0 fully saturated rings. The molecule has 1 aliphatic heterocycles. The number of anilines is 2. The second kappa shape index (κ2) is 4.90. The number of hydrogen-bond donors (Lipinski definition) is 2. The highest BCUT2D eigenvalue weighted by molar-refractivity contribution is 6.02. The fourth-order valence-corrected chi connectivity index (χ4v) is 2.32. The lowest BCUT2D eigenvalue weighted by atomic mass is 10.0. The number of fused-ring (bicyclic) bond motifs is 1. The summed E-state index contributed by atoms with van der Waals surface area (Å²) < 4.78 is 14.3. The number of aliphatic hydroxyl groups is 1. The molecule has 0 spiro atoms. The molecule has 1 aliphatic rings. The van der Waals surface area contributed by atoms with Gasteiger partial charge in [0.05, 0.1) is 5.69 Å². The minimum absolute atomic E-state index is 0.281. The van der Waals surface area contributed by atoms with Crippen molar-refractivity contribution in [3.63, 3.8) is 0 Å². The third kappa shape index (κ3) is 2.41. The summed E-state index contributed by atoms with van der Waals surface area (Å²) in [6, 6.07) is 2.78. The van der Waals surface area contributed by atoms with Crippen LogP contribution in [0.4, 0.5) is 15.8 Å². The van der Waals surface area contributed by atoms with Crippen LogP contribution in [0, 0.1) is 5.82 Å². The van der Waals surface area contributed by atoms with Crippen molar-refractivity contribution in [2.24, 2.45) is 0 Å². The van der Waals surface area contributed by atoms with Crippen LogP contribution in [0.3, 0.4) is 0 Å². The van der Waals surface area contributed by atoms with Gasteiger partial charge in [-0.15, -0.1) is 6.58 Å². The first-order valence-electron chi connectivity index (χ1n) is 6.46. The summed E-state index contributed by atoms with van der Waals surface area (Å²) in [6.45, 7) is 10.1. The van der Waals surface area contributed by atoms with Crippen molar-refractivity contribution >= 4 is 17.3 Å². The van der Waals surface area contributed by atoms with Gasteiger partial charge in [-0.25, -0.2) is 4.39 Å². The van der Waals surface area contributed by atoms with Gasteiger partial charge in [-0.05, 0) is 32.9 Å². The summed E-state index contributed by atoms with van der Waals surface area (Å²) in [5.74, 6) is -0.987. The van der Waals surface area contributed by atoms with Crippen LogP contribution in [0.15, 0.2) is 24.8 Å². The molecular weight excluding hydrogens is 259 g/mol. The molecule has 1 unspecified atom stereocenters. The average Bonchev–Trinajstić information content (AvgIpc) is 2.61. The Morgan fingerprint density at radius 1 is 1.50 bits per heavy atom. The maximum atomic E-state index is 14.3. The van der Waals surface area contributed by atoms with E-state index in [4.69, 9.17) is 0 Å². The topological polar surface area (TPSA) is 52.6 Å². The molecule has 1 heterocycles. The summed E-state index contributed by atoms with van der Waals surface area (Å²) in [5, 5.41) is 12.2. The summed E-state index contributed by atoms with van der Waals surface area (Å²) in [4.78, 5) is 13.3. The molecular formula is C15H19FN2O2. The number of carbonyl (C=O) groups is 1. The third-order valence-electron chi connectivity index (χ3n) is 3.33. The van der Waals surface area contributed by atoms with Crippen molar-refractivity contribution in [1.82, 2.24) is 0 Å². The van der Waals surface area contributed by atoms with Gasteiger partial charge in [0.1, 0.15) is 5.82 Å². The monoisotopic (exact) mass is 278 g/mol. The molecule has 1 amide bonds. The van der Waals surface area contributed by atoms with Gasteiger partial charge in [-0.1, -0.05) is 6.08 Å². The molecule has 1 aromatic carbocycles. The first kappa shape index (κ1) is 14.5. The predicted molar refractivity (Wildman–Crippen MR) is 77.3 cm³/mol. The van der Waals surface area contributed by atoms with Crippen molar-refractivity contribution < 1.29 is 14.3 Å². The van der Waals surface area contributed by atoms with Crippen LogP contribution in [0.1, 0.15) is 32.4 Å². The number of hydrogen-bond acceptors (Lipinski definition) is 3. The van der Waals surface area contributed by atoms with Crippen molar-refractivity contribution in [1.29, 1.82) is 0 Å². The minimum Gasteiger partial charge on any atom is -0.378 e. The van der Waals surface area contributed by atoms with Crippen LogP contribution >= 0.6 is 0 Å². The Morgan fingerprint density at radius 2 is 2.15 bits per heavy atom. The third-order valence-corrected chi connectivity index (χ3v) is 3.33. The summed E-state index contributed by atoms with van der Waals surface area (Å²) >= 11 is 0. The second-order valence-electron chi connectivity index (χ2n) is 5.85. The number of benzene rings is 1. The fraction of sp³-hybridized carbons (Fsp3) is 0.400. The zero-order chi connectivity index (χ0) is 15.1. The van der Waals surface area contributed by atoms with Crippen molar-refractivity contribution in [2.45, 2.75) is 32.4 Å². The molecule has 2 N–H and O–H groups in total. The van der Waals surface area contributed by atoms with Crippen LogP contribution in [0.2, 0.25) is 0 Å². The average molecular weight is 278 g/mol. The van der Waals surface area contributed by atoms with Crippen molar-refractivity contribution in [2.75, 3.05) is 16.8 Å². The first-order valence-corrected chi connectivity index (χ1v) is 6.46. The quantitative estimate of drug-likeness (QED) is 0.836. The van der Waals surface area contributed by atoms with Crippen molar-refractivity contribution in [3.8, 4) is 0 Å². The molecule has 0 saturated heterocycles. The van der Waals surface area contributed by atoms with Gasteiger partial charge in [0, 0.05) is 23.3 Å². The summed E-state index contributed by atoms with van der Waals surface area (Å²) in [5.41, 5.74) is 0.816. The molecule has 0 radical (unpaired) electrons. The van der Waals surface area contributed by atoms with Gasteiger partial charge in [-0.3, -0.25) is 4.79 Å². The standard InChI is InChI=1S/C15H19FN2O2/c1-5-6-18(15(2,3)4)12-8-11-9(7-10(12)16)13(19)14(20)17-11/h5,7-8,13,19H,1,6H2,2-4H3,(H,17,20). The molecule has 0 aliphatic carbocycles. The zero-order valence-electron chi connectivity index (χ0n) is 11.9. The number of carbonyl (C=O) groups excluding carboxylic acids is 1. The molecule has 0 bridgehead atoms. The fourth-order valence-electron chi connectivity index (χ4n) is 2.32. The molecule has 1 aromatic rings. The maximum Gasteiger partial charge on any atom is 0.257 e. The number of halogens is 1. The lowest BCUT2D eigenvalue weighted by Gasteiger charge is -2.37. The summed E-state index contributed by atoms with van der Waals surface area (Å²) in [6.07, 6.45) is 0.404. The Morgan fingerprint density at radius 3 is 2.70 bits per heavy atom. The van der Waals surface area contributed by atoms with E-state index in [1.807, 2.05) is 25.7 Å². The molecule has 108 valence electrons. The highest BCUT2D eigenvalue weighted by Gasteiger charge is 2.32. The van der Waals surface area contributed by atoms with E-state index in [0.29, 0.717) is 17.9 Å². The zero-order valence-corrected chi connectivity index (χ0v) is 11.9. The van der Waals surface area contributed by atoms with Crippen LogP contribution in [-0.4, -0.2) is 23.1 Å². The predicted octanol–water partition coefficient (Wildman–Crippen LogP) is 2.60. The molecule has 5 heteroatoms. The van der Waals surface area contributed by atoms with Crippen molar-refractivity contribution in [3.05, 3.63) is 36.2 Å². The Kier molecular flexibility index (Phi) is 3.56. The van der Waals surface area contributed by atoms with E-state index in [1.165, 1.54) is 6.07 Å². The van der Waals surface area contributed by atoms with E-state index in [9.17, 15) is 14.3 Å². The van der Waals surface area contributed by atoms with Gasteiger partial charge in [-0.2, -0.15) is 0 Å². The van der Waals surface area contributed by atoms with Crippen LogP contribution < -0.4 is 10.2 Å². The van der Waals surface area contributed by atoms with Gasteiger partial charge >= 0.3 is 0 Å². The number of amides is 1. The lowest BCUT2D eigenvalue weighted by Crippen LogP contribution is -2.42. The van der Waals surface area contributed by atoms with Gasteiger partial charge in [0.25, 0.3) is 5.91 Å². The molecule has 20 heavy (non-hydrogen) atoms. The van der Waals surface area contributed by atoms with E-state index in [-0.39, 0.29) is 11.1 Å². The number of rotatable bonds is 3. The minimum atomic E-state index is -1.30.